The summed E-state index contributed by atoms with van der Waals surface area (Å²) in [7, 11) is 0. The fourth-order valence-electron chi connectivity index (χ4n) is 1.79. The predicted molar refractivity (Wildman–Crippen MR) is 79.7 cm³/mol. The van der Waals surface area contributed by atoms with E-state index in [2.05, 4.69) is 35.1 Å². The van der Waals surface area contributed by atoms with Crippen LogP contribution < -0.4 is 5.32 Å². The third kappa shape index (κ3) is 5.20. The SMILES string of the molecule is CC(C)(CCCO)CNc1ccc(C(=O)O)c(Br)c1. The first-order chi connectivity index (χ1) is 8.85. The van der Waals surface area contributed by atoms with Gasteiger partial charge in [-0.2, -0.15) is 0 Å². The summed E-state index contributed by atoms with van der Waals surface area (Å²) in [6, 6.07) is 5.11. The molecule has 0 bridgehead atoms. The van der Waals surface area contributed by atoms with Crippen LogP contribution in [0.25, 0.3) is 0 Å². The molecule has 3 N–H and O–H groups in total. The maximum absolute atomic E-state index is 10.9. The number of hydrogen-bond acceptors (Lipinski definition) is 3. The first-order valence-electron chi connectivity index (χ1n) is 6.23. The van der Waals surface area contributed by atoms with Crippen LogP contribution in [0.2, 0.25) is 0 Å². The van der Waals surface area contributed by atoms with Gasteiger partial charge in [-0.3, -0.25) is 0 Å². The van der Waals surface area contributed by atoms with Gasteiger partial charge in [0.05, 0.1) is 5.56 Å². The Hall–Kier alpha value is -1.07. The number of benzene rings is 1. The number of rotatable bonds is 7. The molecule has 0 aliphatic carbocycles. The number of hydrogen-bond donors (Lipinski definition) is 3. The lowest BCUT2D eigenvalue weighted by atomic mass is 9.88. The molecule has 4 nitrogen and oxygen atoms in total. The predicted octanol–water partition coefficient (Wildman–Crippen LogP) is 3.36. The van der Waals surface area contributed by atoms with Crippen LogP contribution >= 0.6 is 15.9 Å². The number of halogens is 1. The van der Waals surface area contributed by atoms with E-state index in [4.69, 9.17) is 10.2 Å². The van der Waals surface area contributed by atoms with Crippen molar-refractivity contribution in [1.82, 2.24) is 0 Å². The van der Waals surface area contributed by atoms with Crippen molar-refractivity contribution in [1.29, 1.82) is 0 Å². The Morgan fingerprint density at radius 1 is 1.42 bits per heavy atom. The normalized spacial score (nSPS) is 11.4. The molecule has 0 spiro atoms. The number of nitrogens with one attached hydrogen (secondary N) is 1. The lowest BCUT2D eigenvalue weighted by Crippen LogP contribution is -2.23. The molecule has 0 atom stereocenters. The maximum atomic E-state index is 10.9. The van der Waals surface area contributed by atoms with Gasteiger partial charge < -0.3 is 15.5 Å². The maximum Gasteiger partial charge on any atom is 0.336 e. The number of carboxylic acid groups (broad SMARTS) is 1. The van der Waals surface area contributed by atoms with Crippen molar-refractivity contribution in [3.63, 3.8) is 0 Å². The number of anilines is 1. The Balaban J connectivity index is 2.63. The van der Waals surface area contributed by atoms with Crippen molar-refractivity contribution in [3.8, 4) is 0 Å². The summed E-state index contributed by atoms with van der Waals surface area (Å²) in [5.41, 5.74) is 1.22. The van der Waals surface area contributed by atoms with Crippen LogP contribution in [-0.2, 0) is 0 Å². The van der Waals surface area contributed by atoms with Gasteiger partial charge in [0.2, 0.25) is 0 Å². The summed E-state index contributed by atoms with van der Waals surface area (Å²) >= 11 is 3.26. The molecule has 0 heterocycles. The lowest BCUT2D eigenvalue weighted by Gasteiger charge is -2.25. The van der Waals surface area contributed by atoms with Crippen molar-refractivity contribution in [3.05, 3.63) is 28.2 Å². The molecule has 0 unspecified atom stereocenters. The zero-order valence-corrected chi connectivity index (χ0v) is 12.8. The van der Waals surface area contributed by atoms with Gasteiger partial charge >= 0.3 is 5.97 Å². The Morgan fingerprint density at radius 2 is 2.11 bits per heavy atom. The Kier molecular flexibility index (Phi) is 5.82. The Bertz CT molecular complexity index is 446. The van der Waals surface area contributed by atoms with E-state index in [1.165, 1.54) is 0 Å². The van der Waals surface area contributed by atoms with Gasteiger partial charge in [-0.05, 0) is 52.4 Å². The van der Waals surface area contributed by atoms with Gasteiger partial charge in [-0.25, -0.2) is 4.79 Å². The molecule has 1 aromatic rings. The zero-order chi connectivity index (χ0) is 14.5. The molecule has 106 valence electrons. The third-order valence-corrected chi connectivity index (χ3v) is 3.64. The van der Waals surface area contributed by atoms with E-state index >= 15 is 0 Å². The standard InChI is InChI=1S/C14H20BrNO3/c1-14(2,6-3-7-17)9-16-10-4-5-11(13(18)19)12(15)8-10/h4-5,8,16-17H,3,6-7,9H2,1-2H3,(H,18,19). The molecule has 0 amide bonds. The molecule has 0 aliphatic heterocycles. The summed E-state index contributed by atoms with van der Waals surface area (Å²) in [4.78, 5) is 10.9. The smallest absolute Gasteiger partial charge is 0.336 e. The van der Waals surface area contributed by atoms with Crippen molar-refractivity contribution in [2.45, 2.75) is 26.7 Å². The van der Waals surface area contributed by atoms with E-state index in [9.17, 15) is 4.79 Å². The van der Waals surface area contributed by atoms with E-state index < -0.39 is 5.97 Å². The molecule has 5 heteroatoms. The van der Waals surface area contributed by atoms with Crippen LogP contribution in [0.5, 0.6) is 0 Å². The van der Waals surface area contributed by atoms with Gasteiger partial charge in [0.15, 0.2) is 0 Å². The van der Waals surface area contributed by atoms with Crippen LogP contribution in [0.3, 0.4) is 0 Å². The topological polar surface area (TPSA) is 69.6 Å². The number of carboxylic acids is 1. The minimum absolute atomic E-state index is 0.0840. The van der Waals surface area contributed by atoms with Crippen LogP contribution in [-0.4, -0.2) is 29.3 Å². The molecular weight excluding hydrogens is 310 g/mol. The van der Waals surface area contributed by atoms with Gasteiger partial charge in [0.1, 0.15) is 0 Å². The number of aliphatic hydroxyl groups is 1. The monoisotopic (exact) mass is 329 g/mol. The van der Waals surface area contributed by atoms with Crippen LogP contribution in [0.4, 0.5) is 5.69 Å². The molecule has 1 aromatic carbocycles. The molecule has 19 heavy (non-hydrogen) atoms. The van der Waals surface area contributed by atoms with E-state index in [1.54, 1.807) is 18.2 Å². The zero-order valence-electron chi connectivity index (χ0n) is 11.2. The number of aliphatic hydroxyl groups excluding tert-OH is 1. The van der Waals surface area contributed by atoms with Crippen molar-refractivity contribution < 1.29 is 15.0 Å². The van der Waals surface area contributed by atoms with E-state index in [0.29, 0.717) is 4.47 Å². The molecule has 0 saturated carbocycles. The second-order valence-electron chi connectivity index (χ2n) is 5.34. The number of aromatic carboxylic acids is 1. The molecular formula is C14H20BrNO3. The first-order valence-corrected chi connectivity index (χ1v) is 7.02. The van der Waals surface area contributed by atoms with E-state index in [-0.39, 0.29) is 17.6 Å². The number of carbonyl (C=O) groups is 1. The largest absolute Gasteiger partial charge is 0.478 e. The molecule has 0 radical (unpaired) electrons. The fraction of sp³-hybridized carbons (Fsp3) is 0.500. The second-order valence-corrected chi connectivity index (χ2v) is 6.20. The van der Waals surface area contributed by atoms with Crippen molar-refractivity contribution in [2.24, 2.45) is 5.41 Å². The van der Waals surface area contributed by atoms with E-state index in [1.807, 2.05) is 0 Å². The first kappa shape index (κ1) is 16.0. The highest BCUT2D eigenvalue weighted by Crippen LogP contribution is 2.25. The molecule has 0 aliphatic rings. The van der Waals surface area contributed by atoms with E-state index in [0.717, 1.165) is 25.1 Å². The van der Waals surface area contributed by atoms with Gasteiger partial charge in [-0.15, -0.1) is 0 Å². The highest BCUT2D eigenvalue weighted by Gasteiger charge is 2.17. The van der Waals surface area contributed by atoms with Crippen molar-refractivity contribution >= 4 is 27.6 Å². The Morgan fingerprint density at radius 3 is 2.63 bits per heavy atom. The summed E-state index contributed by atoms with van der Waals surface area (Å²) in [5, 5.41) is 21.1. The molecule has 1 rings (SSSR count). The average Bonchev–Trinajstić information content (AvgIpc) is 2.34. The quantitative estimate of drug-likeness (QED) is 0.717. The molecule has 0 saturated heterocycles. The molecule has 0 fully saturated rings. The highest BCUT2D eigenvalue weighted by atomic mass is 79.9. The third-order valence-electron chi connectivity index (χ3n) is 2.98. The van der Waals surface area contributed by atoms with Crippen LogP contribution in [0.15, 0.2) is 22.7 Å². The lowest BCUT2D eigenvalue weighted by molar-refractivity contribution is 0.0696. The van der Waals surface area contributed by atoms with Gasteiger partial charge in [0, 0.05) is 23.3 Å². The highest BCUT2D eigenvalue weighted by molar-refractivity contribution is 9.10. The van der Waals surface area contributed by atoms with Crippen LogP contribution in [0, 0.1) is 5.41 Å². The van der Waals surface area contributed by atoms with Gasteiger partial charge in [-0.1, -0.05) is 13.8 Å². The second kappa shape index (κ2) is 6.91. The van der Waals surface area contributed by atoms with Crippen LogP contribution in [0.1, 0.15) is 37.0 Å². The Labute approximate surface area is 122 Å². The minimum Gasteiger partial charge on any atom is -0.478 e. The summed E-state index contributed by atoms with van der Waals surface area (Å²) in [5.74, 6) is -0.943. The molecule has 0 aromatic heterocycles. The minimum atomic E-state index is -0.943. The average molecular weight is 330 g/mol. The van der Waals surface area contributed by atoms with Crippen molar-refractivity contribution in [2.75, 3.05) is 18.5 Å². The summed E-state index contributed by atoms with van der Waals surface area (Å²) < 4.78 is 0.568. The van der Waals surface area contributed by atoms with Gasteiger partial charge in [0.25, 0.3) is 0 Å². The summed E-state index contributed by atoms with van der Waals surface area (Å²) in [6.45, 7) is 5.25. The summed E-state index contributed by atoms with van der Waals surface area (Å²) in [6.07, 6.45) is 1.72. The fourth-order valence-corrected chi connectivity index (χ4v) is 2.33.